The number of hydrogen-bond acceptors (Lipinski definition) is 6. The molecule has 0 radical (unpaired) electrons. The summed E-state index contributed by atoms with van der Waals surface area (Å²) in [5, 5.41) is 21.2. The molecule has 1 heterocycles. The zero-order chi connectivity index (χ0) is 21.7. The third-order valence-corrected chi connectivity index (χ3v) is 4.94. The van der Waals surface area contributed by atoms with Crippen molar-refractivity contribution < 1.29 is 27.9 Å². The number of carbonyl (C=O) groups is 2. The van der Waals surface area contributed by atoms with E-state index in [0.717, 1.165) is 23.9 Å². The summed E-state index contributed by atoms with van der Waals surface area (Å²) in [6, 6.07) is 10.5. The second-order valence-corrected chi connectivity index (χ2v) is 7.36. The number of carbonyl (C=O) groups excluding carboxylic acids is 2. The van der Waals surface area contributed by atoms with Gasteiger partial charge in [0.2, 0.25) is 11.8 Å². The number of amidine groups is 1. The highest BCUT2D eigenvalue weighted by Gasteiger charge is 2.33. The van der Waals surface area contributed by atoms with Crippen molar-refractivity contribution in [1.29, 1.82) is 0 Å². The number of nitrogens with one attached hydrogen (secondary N) is 2. The van der Waals surface area contributed by atoms with E-state index in [1.54, 1.807) is 12.1 Å². The van der Waals surface area contributed by atoms with Gasteiger partial charge in [-0.15, -0.1) is 5.10 Å². The molecule has 0 aliphatic carbocycles. The SMILES string of the molecule is O=C(CC1S/C(=N/N=C/c2ccc(O)cc2)NC1=O)Nc1cccc(C(F)(F)F)c1. The first-order chi connectivity index (χ1) is 14.2. The number of benzene rings is 2. The van der Waals surface area contributed by atoms with E-state index in [1.807, 2.05) is 0 Å². The van der Waals surface area contributed by atoms with Crippen molar-refractivity contribution in [3.05, 3.63) is 59.7 Å². The summed E-state index contributed by atoms with van der Waals surface area (Å²) in [6.45, 7) is 0. The van der Waals surface area contributed by atoms with Gasteiger partial charge in [0.1, 0.15) is 11.0 Å². The molecule has 0 spiro atoms. The van der Waals surface area contributed by atoms with Crippen LogP contribution in [0.4, 0.5) is 18.9 Å². The Bertz CT molecular complexity index is 1010. The second kappa shape index (κ2) is 8.99. The molecule has 0 bridgehead atoms. The Labute approximate surface area is 173 Å². The molecular formula is C19H15F3N4O3S. The fourth-order valence-electron chi connectivity index (χ4n) is 2.45. The number of halogens is 3. The Morgan fingerprint density at radius 3 is 2.67 bits per heavy atom. The van der Waals surface area contributed by atoms with Crippen LogP contribution in [0.1, 0.15) is 17.5 Å². The topological polar surface area (TPSA) is 103 Å². The molecule has 1 aliphatic heterocycles. The molecule has 0 saturated carbocycles. The molecule has 1 aliphatic rings. The van der Waals surface area contributed by atoms with Crippen molar-refractivity contribution in [3.63, 3.8) is 0 Å². The van der Waals surface area contributed by atoms with Gasteiger partial charge in [0, 0.05) is 12.1 Å². The Morgan fingerprint density at radius 1 is 1.23 bits per heavy atom. The number of thioether (sulfide) groups is 1. The fourth-order valence-corrected chi connectivity index (χ4v) is 3.37. The molecule has 3 rings (SSSR count). The van der Waals surface area contributed by atoms with Crippen LogP contribution >= 0.6 is 11.8 Å². The summed E-state index contributed by atoms with van der Waals surface area (Å²) in [5.74, 6) is -0.933. The van der Waals surface area contributed by atoms with Gasteiger partial charge in [-0.2, -0.15) is 18.3 Å². The van der Waals surface area contributed by atoms with Gasteiger partial charge >= 0.3 is 6.18 Å². The molecule has 2 aromatic rings. The van der Waals surface area contributed by atoms with Crippen molar-refractivity contribution in [2.45, 2.75) is 17.8 Å². The van der Waals surface area contributed by atoms with Gasteiger partial charge in [-0.3, -0.25) is 9.59 Å². The Morgan fingerprint density at radius 2 is 1.97 bits per heavy atom. The summed E-state index contributed by atoms with van der Waals surface area (Å²) in [4.78, 5) is 24.1. The molecule has 1 saturated heterocycles. The second-order valence-electron chi connectivity index (χ2n) is 6.17. The summed E-state index contributed by atoms with van der Waals surface area (Å²) < 4.78 is 38.3. The van der Waals surface area contributed by atoms with Gasteiger partial charge in [0.25, 0.3) is 0 Å². The molecule has 3 N–H and O–H groups in total. The van der Waals surface area contributed by atoms with E-state index >= 15 is 0 Å². The first-order valence-corrected chi connectivity index (χ1v) is 9.43. The summed E-state index contributed by atoms with van der Waals surface area (Å²) >= 11 is 0.997. The highest BCUT2D eigenvalue weighted by Crippen LogP contribution is 2.31. The minimum atomic E-state index is -4.52. The van der Waals surface area contributed by atoms with E-state index in [2.05, 4.69) is 20.8 Å². The minimum absolute atomic E-state index is 0.00869. The number of aromatic hydroxyl groups is 1. The van der Waals surface area contributed by atoms with Crippen LogP contribution in [0.5, 0.6) is 5.75 Å². The molecule has 2 amide bonds. The van der Waals surface area contributed by atoms with Crippen LogP contribution in [-0.4, -0.2) is 33.6 Å². The van der Waals surface area contributed by atoms with Gasteiger partial charge in [-0.1, -0.05) is 17.8 Å². The monoisotopic (exact) mass is 436 g/mol. The third kappa shape index (κ3) is 5.83. The quantitative estimate of drug-likeness (QED) is 0.494. The average molecular weight is 436 g/mol. The van der Waals surface area contributed by atoms with Gasteiger partial charge in [-0.25, -0.2) is 0 Å². The van der Waals surface area contributed by atoms with Crippen LogP contribution in [0.3, 0.4) is 0 Å². The Kier molecular flexibility index (Phi) is 6.40. The van der Waals surface area contributed by atoms with Crippen LogP contribution < -0.4 is 10.6 Å². The first kappa shape index (κ1) is 21.4. The predicted octanol–water partition coefficient (Wildman–Crippen LogP) is 3.36. The molecular weight excluding hydrogens is 421 g/mol. The van der Waals surface area contributed by atoms with E-state index in [1.165, 1.54) is 30.5 Å². The lowest BCUT2D eigenvalue weighted by molar-refractivity contribution is -0.137. The largest absolute Gasteiger partial charge is 0.508 e. The van der Waals surface area contributed by atoms with E-state index in [4.69, 9.17) is 0 Å². The summed E-state index contributed by atoms with van der Waals surface area (Å²) in [6.07, 6.45) is -3.34. The molecule has 1 fully saturated rings. The van der Waals surface area contributed by atoms with Crippen molar-refractivity contribution >= 4 is 40.6 Å². The molecule has 156 valence electrons. The predicted molar refractivity (Wildman–Crippen MR) is 107 cm³/mol. The fraction of sp³-hybridized carbons (Fsp3) is 0.158. The van der Waals surface area contributed by atoms with Crippen molar-refractivity contribution in [1.82, 2.24) is 5.32 Å². The van der Waals surface area contributed by atoms with Gasteiger partial charge in [0.05, 0.1) is 11.8 Å². The molecule has 0 aromatic heterocycles. The zero-order valence-electron chi connectivity index (χ0n) is 15.2. The summed E-state index contributed by atoms with van der Waals surface area (Å²) in [7, 11) is 0. The lowest BCUT2D eigenvalue weighted by Crippen LogP contribution is -2.28. The number of phenols is 1. The van der Waals surface area contributed by atoms with E-state index < -0.39 is 28.8 Å². The molecule has 7 nitrogen and oxygen atoms in total. The van der Waals surface area contributed by atoms with Crippen LogP contribution in [0.2, 0.25) is 0 Å². The Hall–Kier alpha value is -3.34. The number of anilines is 1. The maximum absolute atomic E-state index is 12.8. The summed E-state index contributed by atoms with van der Waals surface area (Å²) in [5.41, 5.74) is -0.205. The lowest BCUT2D eigenvalue weighted by atomic mass is 10.2. The zero-order valence-corrected chi connectivity index (χ0v) is 16.0. The number of rotatable bonds is 5. The highest BCUT2D eigenvalue weighted by atomic mass is 32.2. The molecule has 1 atom stereocenters. The van der Waals surface area contributed by atoms with Crippen LogP contribution in [0, 0.1) is 0 Å². The normalized spacial score (nSPS) is 18.0. The van der Waals surface area contributed by atoms with Crippen molar-refractivity contribution in [2.24, 2.45) is 10.2 Å². The van der Waals surface area contributed by atoms with E-state index in [9.17, 15) is 27.9 Å². The standard InChI is InChI=1S/C19H15F3N4O3S/c20-19(21,22)12-2-1-3-13(8-12)24-16(28)9-15-17(29)25-18(30-15)26-23-10-11-4-6-14(27)7-5-11/h1-8,10,15,27H,9H2,(H,24,28)(H,25,26,29)/b23-10+. The van der Waals surface area contributed by atoms with Crippen LogP contribution in [0.15, 0.2) is 58.7 Å². The molecule has 30 heavy (non-hydrogen) atoms. The minimum Gasteiger partial charge on any atom is -0.508 e. The van der Waals surface area contributed by atoms with Gasteiger partial charge in [0.15, 0.2) is 5.17 Å². The van der Waals surface area contributed by atoms with E-state index in [-0.39, 0.29) is 23.0 Å². The highest BCUT2D eigenvalue weighted by molar-refractivity contribution is 8.15. The number of hydrogen-bond donors (Lipinski definition) is 3. The number of amides is 2. The lowest BCUT2D eigenvalue weighted by Gasteiger charge is -2.10. The number of phenolic OH excluding ortho intramolecular Hbond substituents is 1. The number of alkyl halides is 3. The third-order valence-electron chi connectivity index (χ3n) is 3.87. The van der Waals surface area contributed by atoms with Crippen LogP contribution in [-0.2, 0) is 15.8 Å². The number of nitrogens with zero attached hydrogens (tertiary/aromatic N) is 2. The Balaban J connectivity index is 1.56. The average Bonchev–Trinajstić information content (AvgIpc) is 3.02. The van der Waals surface area contributed by atoms with Gasteiger partial charge < -0.3 is 15.7 Å². The van der Waals surface area contributed by atoms with Crippen LogP contribution in [0.25, 0.3) is 0 Å². The molecule has 2 aromatic carbocycles. The first-order valence-electron chi connectivity index (χ1n) is 8.55. The maximum Gasteiger partial charge on any atom is 0.416 e. The molecule has 1 unspecified atom stereocenters. The smallest absolute Gasteiger partial charge is 0.416 e. The van der Waals surface area contributed by atoms with Crippen molar-refractivity contribution in [3.8, 4) is 5.75 Å². The maximum atomic E-state index is 12.8. The van der Waals surface area contributed by atoms with E-state index in [0.29, 0.717) is 5.56 Å². The molecule has 11 heteroatoms. The van der Waals surface area contributed by atoms with Crippen molar-refractivity contribution in [2.75, 3.05) is 5.32 Å². The van der Waals surface area contributed by atoms with Gasteiger partial charge in [-0.05, 0) is 48.0 Å².